The molecule has 1 heterocycles. The van der Waals surface area contributed by atoms with E-state index >= 15 is 0 Å². The first-order valence-corrected chi connectivity index (χ1v) is 2.62. The second-order valence-electron chi connectivity index (χ2n) is 0.876. The van der Waals surface area contributed by atoms with E-state index in [2.05, 4.69) is 9.78 Å². The molecule has 0 atom stereocenters. The minimum atomic E-state index is 0.596. The first-order chi connectivity index (χ1) is 2.89. The summed E-state index contributed by atoms with van der Waals surface area (Å²) in [5.74, 6) is 0. The zero-order chi connectivity index (χ0) is 4.41. The van der Waals surface area contributed by atoms with Crippen molar-refractivity contribution in [2.75, 3.05) is 6.61 Å². The van der Waals surface area contributed by atoms with Gasteiger partial charge in [0.2, 0.25) is 3.77 Å². The quantitative estimate of drug-likeness (QED) is 0.430. The minimum absolute atomic E-state index is 0.596. The van der Waals surface area contributed by atoms with Crippen molar-refractivity contribution in [1.29, 1.82) is 0 Å². The maximum atomic E-state index is 4.50. The Morgan fingerprint density at radius 1 is 1.83 bits per heavy atom. The fraction of sp³-hybridized carbons (Fsp3) is 0.333. The molecule has 1 aliphatic heterocycles. The van der Waals surface area contributed by atoms with Crippen molar-refractivity contribution in [2.45, 2.75) is 0 Å². The van der Waals surface area contributed by atoms with Gasteiger partial charge in [-0.15, -0.1) is 0 Å². The molecular weight excluding hydrogens is 195 g/mol. The lowest BCUT2D eigenvalue weighted by Gasteiger charge is -1.85. The van der Waals surface area contributed by atoms with E-state index in [1.807, 2.05) is 28.7 Å². The molecule has 0 aromatic carbocycles. The number of rotatable bonds is 0. The lowest BCUT2D eigenvalue weighted by atomic mass is 10.7. The van der Waals surface area contributed by atoms with Crippen LogP contribution < -0.4 is 0 Å². The summed E-state index contributed by atoms with van der Waals surface area (Å²) in [6.07, 6.45) is 1.86. The molecule has 3 heteroatoms. The molecule has 0 radical (unpaired) electrons. The summed E-state index contributed by atoms with van der Waals surface area (Å²) in [6.45, 7) is 0.596. The van der Waals surface area contributed by atoms with Crippen LogP contribution in [0.3, 0.4) is 0 Å². The summed E-state index contributed by atoms with van der Waals surface area (Å²) >= 11 is 2.05. The first kappa shape index (κ1) is 4.39. The van der Waals surface area contributed by atoms with Gasteiger partial charge < -0.3 is 4.89 Å². The Morgan fingerprint density at radius 2 is 2.67 bits per heavy atom. The average molecular weight is 198 g/mol. The normalized spacial score (nSPS) is 19.8. The van der Waals surface area contributed by atoms with Crippen LogP contribution in [-0.2, 0) is 9.78 Å². The van der Waals surface area contributed by atoms with Crippen molar-refractivity contribution >= 4 is 22.6 Å². The molecule has 6 heavy (non-hydrogen) atoms. The maximum Gasteiger partial charge on any atom is 0.200 e. The fourth-order valence-corrected chi connectivity index (χ4v) is 0.531. The smallest absolute Gasteiger partial charge is 0.200 e. The Hall–Kier alpha value is 0.230. The molecule has 0 bridgehead atoms. The van der Waals surface area contributed by atoms with Crippen molar-refractivity contribution < 1.29 is 9.78 Å². The van der Waals surface area contributed by atoms with Crippen molar-refractivity contribution in [3.63, 3.8) is 0 Å². The Labute approximate surface area is 49.2 Å². The highest BCUT2D eigenvalue weighted by Gasteiger charge is 1.98. The lowest BCUT2D eigenvalue weighted by Crippen LogP contribution is -1.75. The van der Waals surface area contributed by atoms with Gasteiger partial charge in [-0.05, 0) is 6.08 Å². The van der Waals surface area contributed by atoms with Gasteiger partial charge in [-0.25, -0.2) is 0 Å². The van der Waals surface area contributed by atoms with E-state index in [0.29, 0.717) is 6.61 Å². The van der Waals surface area contributed by atoms with E-state index in [1.54, 1.807) is 0 Å². The summed E-state index contributed by atoms with van der Waals surface area (Å²) in [6, 6.07) is 0. The SMILES string of the molecule is IC1=CCOO1. The predicted octanol–water partition coefficient (Wildman–Crippen LogP) is 1.22. The van der Waals surface area contributed by atoms with E-state index in [1.165, 1.54) is 0 Å². The monoisotopic (exact) mass is 198 g/mol. The van der Waals surface area contributed by atoms with Gasteiger partial charge in [0.25, 0.3) is 0 Å². The van der Waals surface area contributed by atoms with Crippen LogP contribution in [-0.4, -0.2) is 6.61 Å². The fourth-order valence-electron chi connectivity index (χ4n) is 0.224. The molecule has 0 aromatic rings. The van der Waals surface area contributed by atoms with Gasteiger partial charge in [0.05, 0.1) is 0 Å². The molecule has 34 valence electrons. The molecule has 1 rings (SSSR count). The van der Waals surface area contributed by atoms with Crippen LogP contribution in [0, 0.1) is 0 Å². The first-order valence-electron chi connectivity index (χ1n) is 1.55. The third kappa shape index (κ3) is 0.844. The minimum Gasteiger partial charge on any atom is -0.331 e. The van der Waals surface area contributed by atoms with E-state index in [-0.39, 0.29) is 0 Å². The van der Waals surface area contributed by atoms with Crippen LogP contribution in [0.15, 0.2) is 9.84 Å². The molecule has 0 amide bonds. The predicted molar refractivity (Wildman–Crippen MR) is 29.1 cm³/mol. The molecule has 0 aromatic heterocycles. The number of halogens is 1. The second kappa shape index (κ2) is 1.79. The highest BCUT2D eigenvalue weighted by atomic mass is 127. The van der Waals surface area contributed by atoms with E-state index < -0.39 is 0 Å². The standard InChI is InChI=1S/C3H3IO2/c4-3-1-2-5-6-3/h1H,2H2. The van der Waals surface area contributed by atoms with Gasteiger partial charge in [-0.1, -0.05) is 0 Å². The van der Waals surface area contributed by atoms with Crippen molar-refractivity contribution in [3.05, 3.63) is 9.84 Å². The van der Waals surface area contributed by atoms with Gasteiger partial charge in [0.15, 0.2) is 0 Å². The van der Waals surface area contributed by atoms with E-state index in [0.717, 1.165) is 3.77 Å². The van der Waals surface area contributed by atoms with Gasteiger partial charge in [0, 0.05) is 22.6 Å². The molecule has 0 unspecified atom stereocenters. The molecule has 0 spiro atoms. The Kier molecular flexibility index (Phi) is 1.31. The number of hydrogen-bond donors (Lipinski definition) is 0. The summed E-state index contributed by atoms with van der Waals surface area (Å²) in [4.78, 5) is 8.96. The van der Waals surface area contributed by atoms with Crippen molar-refractivity contribution in [1.82, 2.24) is 0 Å². The van der Waals surface area contributed by atoms with Crippen LogP contribution in [0.2, 0.25) is 0 Å². The van der Waals surface area contributed by atoms with Crippen LogP contribution >= 0.6 is 22.6 Å². The van der Waals surface area contributed by atoms with Crippen LogP contribution in [0.25, 0.3) is 0 Å². The zero-order valence-corrected chi connectivity index (χ0v) is 5.14. The number of hydrogen-bond acceptors (Lipinski definition) is 2. The van der Waals surface area contributed by atoms with Gasteiger partial charge >= 0.3 is 0 Å². The molecule has 0 N–H and O–H groups in total. The Balaban J connectivity index is 2.45. The molecule has 0 saturated carbocycles. The molecule has 0 aliphatic carbocycles. The van der Waals surface area contributed by atoms with Crippen molar-refractivity contribution in [2.24, 2.45) is 0 Å². The lowest BCUT2D eigenvalue weighted by molar-refractivity contribution is -0.223. The van der Waals surface area contributed by atoms with E-state index in [4.69, 9.17) is 0 Å². The summed E-state index contributed by atoms with van der Waals surface area (Å²) in [7, 11) is 0. The Bertz CT molecular complexity index is 78.9. The summed E-state index contributed by atoms with van der Waals surface area (Å²) < 4.78 is 0.826. The third-order valence-electron chi connectivity index (χ3n) is 0.450. The summed E-state index contributed by atoms with van der Waals surface area (Å²) in [5.41, 5.74) is 0. The van der Waals surface area contributed by atoms with Gasteiger partial charge in [0.1, 0.15) is 6.61 Å². The highest BCUT2D eigenvalue weighted by Crippen LogP contribution is 2.12. The molecule has 0 saturated heterocycles. The highest BCUT2D eigenvalue weighted by molar-refractivity contribution is 14.1. The zero-order valence-electron chi connectivity index (χ0n) is 2.98. The van der Waals surface area contributed by atoms with Crippen molar-refractivity contribution in [3.8, 4) is 0 Å². The molecule has 0 fully saturated rings. The molecule has 2 nitrogen and oxygen atoms in total. The maximum absolute atomic E-state index is 4.50. The third-order valence-corrected chi connectivity index (χ3v) is 1.07. The average Bonchev–Trinajstić information content (AvgIpc) is 1.86. The van der Waals surface area contributed by atoms with Crippen LogP contribution in [0.4, 0.5) is 0 Å². The van der Waals surface area contributed by atoms with Gasteiger partial charge in [-0.3, -0.25) is 0 Å². The topological polar surface area (TPSA) is 18.5 Å². The summed E-state index contributed by atoms with van der Waals surface area (Å²) in [5, 5.41) is 0. The largest absolute Gasteiger partial charge is 0.331 e. The van der Waals surface area contributed by atoms with Crippen LogP contribution in [0.1, 0.15) is 0 Å². The second-order valence-corrected chi connectivity index (χ2v) is 1.94. The van der Waals surface area contributed by atoms with E-state index in [9.17, 15) is 0 Å². The Morgan fingerprint density at radius 3 is 2.83 bits per heavy atom. The van der Waals surface area contributed by atoms with Gasteiger partial charge in [-0.2, -0.15) is 4.89 Å². The molecular formula is C3H3IO2. The molecule has 1 aliphatic rings. The van der Waals surface area contributed by atoms with Crippen LogP contribution in [0.5, 0.6) is 0 Å².